The average Bonchev–Trinajstić information content (AvgIpc) is 2.69. The molecule has 2 aromatic carbocycles. The number of hydrogen-bond donors (Lipinski definition) is 1. The van der Waals surface area contributed by atoms with E-state index in [9.17, 15) is 8.42 Å². The third-order valence-corrected chi connectivity index (χ3v) is 6.22. The highest BCUT2D eigenvalue weighted by Gasteiger charge is 2.13. The van der Waals surface area contributed by atoms with E-state index in [4.69, 9.17) is 0 Å². The largest absolute Gasteiger partial charge is 0.356 e. The zero-order valence-electron chi connectivity index (χ0n) is 16.4. The Kier molecular flexibility index (Phi) is 7.85. The number of nitrogens with one attached hydrogen (secondary N) is 1. The highest BCUT2D eigenvalue weighted by Crippen LogP contribution is 2.11. The van der Waals surface area contributed by atoms with Crippen LogP contribution in [0.5, 0.6) is 0 Å². The third kappa shape index (κ3) is 6.40. The lowest BCUT2D eigenvalue weighted by atomic mass is 10.1. The molecule has 0 unspecified atom stereocenters. The minimum Gasteiger partial charge on any atom is -0.356 e. The van der Waals surface area contributed by atoms with Crippen molar-refractivity contribution in [2.75, 3.05) is 26.4 Å². The van der Waals surface area contributed by atoms with Gasteiger partial charge in [0, 0.05) is 27.2 Å². The Balaban J connectivity index is 1.82. The van der Waals surface area contributed by atoms with E-state index >= 15 is 0 Å². The monoisotopic (exact) mass is 387 g/mol. The van der Waals surface area contributed by atoms with Crippen molar-refractivity contribution in [3.8, 4) is 0 Å². The first-order chi connectivity index (χ1) is 13.0. The first kappa shape index (κ1) is 21.0. The van der Waals surface area contributed by atoms with E-state index in [1.54, 1.807) is 31.3 Å². The molecule has 0 fully saturated rings. The van der Waals surface area contributed by atoms with Gasteiger partial charge in [0.1, 0.15) is 0 Å². The van der Waals surface area contributed by atoms with Crippen molar-refractivity contribution in [2.24, 2.45) is 4.99 Å². The van der Waals surface area contributed by atoms with Crippen LogP contribution in [0.25, 0.3) is 0 Å². The molecule has 0 bridgehead atoms. The fourth-order valence-corrected chi connectivity index (χ4v) is 4.15. The molecule has 0 radical (unpaired) electrons. The van der Waals surface area contributed by atoms with Crippen LogP contribution in [0, 0.1) is 0 Å². The van der Waals surface area contributed by atoms with Crippen LogP contribution in [0.4, 0.5) is 0 Å². The number of hydrogen-bond acceptors (Lipinski definition) is 3. The second kappa shape index (κ2) is 10.1. The summed E-state index contributed by atoms with van der Waals surface area (Å²) in [6.07, 6.45) is 1.56. The summed E-state index contributed by atoms with van der Waals surface area (Å²) in [4.78, 5) is 6.70. The maximum atomic E-state index is 12.3. The molecule has 6 heteroatoms. The van der Waals surface area contributed by atoms with E-state index in [0.29, 0.717) is 17.9 Å². The fourth-order valence-electron chi connectivity index (χ4n) is 2.82. The van der Waals surface area contributed by atoms with Crippen LogP contribution in [0.3, 0.4) is 0 Å². The van der Waals surface area contributed by atoms with Crippen molar-refractivity contribution < 1.29 is 8.42 Å². The van der Waals surface area contributed by atoms with Gasteiger partial charge < -0.3 is 10.2 Å². The molecule has 0 amide bonds. The Hall–Kier alpha value is -2.34. The van der Waals surface area contributed by atoms with Crippen molar-refractivity contribution in [3.05, 3.63) is 65.7 Å². The molecule has 0 saturated heterocycles. The molecule has 0 aliphatic rings. The van der Waals surface area contributed by atoms with Gasteiger partial charge in [-0.3, -0.25) is 4.99 Å². The Labute approximate surface area is 163 Å². The summed E-state index contributed by atoms with van der Waals surface area (Å²) in [6.45, 7) is 3.44. The van der Waals surface area contributed by atoms with Crippen molar-refractivity contribution in [3.63, 3.8) is 0 Å². The molecule has 0 aliphatic carbocycles. The minimum atomic E-state index is -3.23. The summed E-state index contributed by atoms with van der Waals surface area (Å²) < 4.78 is 24.6. The summed E-state index contributed by atoms with van der Waals surface area (Å²) in [5.74, 6) is 0.870. The van der Waals surface area contributed by atoms with Crippen LogP contribution in [0.2, 0.25) is 0 Å². The maximum absolute atomic E-state index is 12.3. The number of benzene rings is 2. The quantitative estimate of drug-likeness (QED) is 0.429. The second-order valence-electron chi connectivity index (χ2n) is 6.49. The summed E-state index contributed by atoms with van der Waals surface area (Å²) in [6, 6.07) is 17.1. The van der Waals surface area contributed by atoms with Gasteiger partial charge in [0.2, 0.25) is 0 Å². The smallest absolute Gasteiger partial charge is 0.193 e. The molecule has 5 nitrogen and oxygen atoms in total. The number of sulfone groups is 1. The van der Waals surface area contributed by atoms with E-state index in [2.05, 4.69) is 41.5 Å². The molecule has 27 heavy (non-hydrogen) atoms. The molecule has 2 aromatic rings. The summed E-state index contributed by atoms with van der Waals surface area (Å²) in [5.41, 5.74) is 2.54. The van der Waals surface area contributed by atoms with Crippen LogP contribution in [-0.2, 0) is 22.8 Å². The van der Waals surface area contributed by atoms with Gasteiger partial charge in [-0.1, -0.05) is 49.4 Å². The maximum Gasteiger partial charge on any atom is 0.193 e. The van der Waals surface area contributed by atoms with Crippen LogP contribution in [0.1, 0.15) is 24.5 Å². The molecule has 146 valence electrons. The minimum absolute atomic E-state index is 0.114. The van der Waals surface area contributed by atoms with Gasteiger partial charge in [-0.15, -0.1) is 0 Å². The highest BCUT2D eigenvalue weighted by molar-refractivity contribution is 7.91. The predicted molar refractivity (Wildman–Crippen MR) is 112 cm³/mol. The lowest BCUT2D eigenvalue weighted by Gasteiger charge is -2.22. The first-order valence-corrected chi connectivity index (χ1v) is 10.9. The molecule has 2 rings (SSSR count). The number of guanidine groups is 1. The van der Waals surface area contributed by atoms with E-state index in [0.717, 1.165) is 18.9 Å². The molecule has 1 N–H and O–H groups in total. The molecule has 0 aromatic heterocycles. The molecular formula is C21H29N3O2S. The van der Waals surface area contributed by atoms with Crippen LogP contribution >= 0.6 is 0 Å². The zero-order chi connectivity index (χ0) is 19.7. The number of aryl methyl sites for hydroxylation is 1. The SMILES string of the molecule is CCc1ccc(CN(C)C(=NC)NCCCS(=O)(=O)c2ccccc2)cc1. The Morgan fingerprint density at radius 1 is 1.04 bits per heavy atom. The topological polar surface area (TPSA) is 61.8 Å². The zero-order valence-corrected chi connectivity index (χ0v) is 17.2. The van der Waals surface area contributed by atoms with Crippen LogP contribution < -0.4 is 5.32 Å². The fraction of sp³-hybridized carbons (Fsp3) is 0.381. The van der Waals surface area contributed by atoms with Gasteiger partial charge in [-0.2, -0.15) is 0 Å². The molecule has 0 spiro atoms. The standard InChI is InChI=1S/C21H29N3O2S/c1-4-18-11-13-19(14-12-18)17-24(3)21(22-2)23-15-8-16-27(25,26)20-9-6-5-7-10-20/h5-7,9-14H,4,8,15-17H2,1-3H3,(H,22,23). The summed E-state index contributed by atoms with van der Waals surface area (Å²) in [5, 5.41) is 3.25. The molecule has 0 aliphatic heterocycles. The highest BCUT2D eigenvalue weighted by atomic mass is 32.2. The average molecular weight is 388 g/mol. The summed E-state index contributed by atoms with van der Waals surface area (Å²) in [7, 11) is 0.478. The van der Waals surface area contributed by atoms with Gasteiger partial charge in [-0.05, 0) is 36.1 Å². The van der Waals surface area contributed by atoms with Crippen molar-refractivity contribution in [1.82, 2.24) is 10.2 Å². The Bertz CT molecular complexity index is 831. The number of aliphatic imine (C=N–C) groups is 1. The van der Waals surface area contributed by atoms with E-state index < -0.39 is 9.84 Å². The lowest BCUT2D eigenvalue weighted by Crippen LogP contribution is -2.39. The van der Waals surface area contributed by atoms with Crippen molar-refractivity contribution in [1.29, 1.82) is 0 Å². The predicted octanol–water partition coefficient (Wildman–Crippen LogP) is 3.12. The van der Waals surface area contributed by atoms with E-state index in [1.807, 2.05) is 18.0 Å². The van der Waals surface area contributed by atoms with Crippen molar-refractivity contribution in [2.45, 2.75) is 31.2 Å². The first-order valence-electron chi connectivity index (χ1n) is 9.23. The van der Waals surface area contributed by atoms with Gasteiger partial charge in [0.25, 0.3) is 0 Å². The Morgan fingerprint density at radius 2 is 1.67 bits per heavy atom. The van der Waals surface area contributed by atoms with Gasteiger partial charge in [0.05, 0.1) is 10.6 Å². The van der Waals surface area contributed by atoms with Crippen LogP contribution in [-0.4, -0.2) is 45.7 Å². The second-order valence-corrected chi connectivity index (χ2v) is 8.59. The van der Waals surface area contributed by atoms with E-state index in [1.165, 1.54) is 11.1 Å². The molecule has 0 atom stereocenters. The molecular weight excluding hydrogens is 358 g/mol. The van der Waals surface area contributed by atoms with Gasteiger partial charge >= 0.3 is 0 Å². The normalized spacial score (nSPS) is 12.0. The van der Waals surface area contributed by atoms with Gasteiger partial charge in [0.15, 0.2) is 15.8 Å². The van der Waals surface area contributed by atoms with Crippen molar-refractivity contribution >= 4 is 15.8 Å². The Morgan fingerprint density at radius 3 is 2.26 bits per heavy atom. The van der Waals surface area contributed by atoms with E-state index in [-0.39, 0.29) is 5.75 Å². The lowest BCUT2D eigenvalue weighted by molar-refractivity contribution is 0.476. The molecule has 0 saturated carbocycles. The molecule has 0 heterocycles. The third-order valence-electron chi connectivity index (χ3n) is 4.40. The van der Waals surface area contributed by atoms with Gasteiger partial charge in [-0.25, -0.2) is 8.42 Å². The van der Waals surface area contributed by atoms with Crippen LogP contribution in [0.15, 0.2) is 64.5 Å². The summed E-state index contributed by atoms with van der Waals surface area (Å²) >= 11 is 0. The number of nitrogens with zero attached hydrogens (tertiary/aromatic N) is 2. The number of rotatable bonds is 8.